The Labute approximate surface area is 367 Å². The molecule has 0 aliphatic rings. The summed E-state index contributed by atoms with van der Waals surface area (Å²) in [6, 6.07) is 81.7. The highest BCUT2D eigenvalue weighted by atomic mass is 16.3. The van der Waals surface area contributed by atoms with Crippen LogP contribution in [0.1, 0.15) is 0 Å². The minimum atomic E-state index is 0.875. The van der Waals surface area contributed by atoms with Crippen LogP contribution in [-0.4, -0.2) is 9.13 Å². The van der Waals surface area contributed by atoms with E-state index < -0.39 is 0 Å². The lowest BCUT2D eigenvalue weighted by atomic mass is 9.94. The Morgan fingerprint density at radius 3 is 1.41 bits per heavy atom. The molecular weight excluding hydrogens is 779 g/mol. The van der Waals surface area contributed by atoms with Gasteiger partial charge >= 0.3 is 0 Å². The SMILES string of the molecule is c1ccc(-n2c3ccccc3c3cc(-n4c5ccccc5c5ccc(N(c6ccc7oc8ccccc8c7c6)c6ccc7c8ccccc8c8ccccc8c7c6)cc54)ccc32)cc1. The summed E-state index contributed by atoms with van der Waals surface area (Å²) in [4.78, 5) is 2.42. The van der Waals surface area contributed by atoms with Gasteiger partial charge in [0.1, 0.15) is 11.2 Å². The first-order chi connectivity index (χ1) is 31.7. The minimum absolute atomic E-state index is 0.875. The number of hydrogen-bond acceptors (Lipinski definition) is 2. The highest BCUT2D eigenvalue weighted by molar-refractivity contribution is 6.26. The van der Waals surface area contributed by atoms with Gasteiger partial charge < -0.3 is 18.5 Å². The number of anilines is 3. The van der Waals surface area contributed by atoms with Crippen molar-refractivity contribution in [2.75, 3.05) is 4.90 Å². The van der Waals surface area contributed by atoms with E-state index in [1.54, 1.807) is 0 Å². The zero-order chi connectivity index (χ0) is 41.9. The zero-order valence-electron chi connectivity index (χ0n) is 34.6. The summed E-state index contributed by atoms with van der Waals surface area (Å²) in [5.74, 6) is 0. The molecule has 4 nitrogen and oxygen atoms in total. The van der Waals surface area contributed by atoms with E-state index in [0.29, 0.717) is 0 Å². The number of hydrogen-bond donors (Lipinski definition) is 0. The normalized spacial score (nSPS) is 12.1. The third-order valence-corrected chi connectivity index (χ3v) is 13.4. The molecule has 0 N–H and O–H groups in total. The molecule has 3 heterocycles. The van der Waals surface area contributed by atoms with Gasteiger partial charge in [-0.2, -0.15) is 0 Å². The Morgan fingerprint density at radius 2 is 0.703 bits per heavy atom. The molecule has 0 atom stereocenters. The van der Waals surface area contributed by atoms with Crippen LogP contribution in [0, 0.1) is 0 Å². The fourth-order valence-electron chi connectivity index (χ4n) is 10.7. The molecule has 3 aromatic heterocycles. The van der Waals surface area contributed by atoms with Crippen molar-refractivity contribution >= 4 is 115 Å². The number of furan rings is 1. The van der Waals surface area contributed by atoms with Crippen molar-refractivity contribution in [1.82, 2.24) is 9.13 Å². The first-order valence-corrected chi connectivity index (χ1v) is 21.9. The minimum Gasteiger partial charge on any atom is -0.456 e. The lowest BCUT2D eigenvalue weighted by Crippen LogP contribution is -2.10. The zero-order valence-corrected chi connectivity index (χ0v) is 34.6. The summed E-state index contributed by atoms with van der Waals surface area (Å²) in [6.07, 6.45) is 0. The van der Waals surface area contributed by atoms with Gasteiger partial charge in [-0.15, -0.1) is 0 Å². The van der Waals surface area contributed by atoms with E-state index in [4.69, 9.17) is 4.42 Å². The molecule has 0 bridgehead atoms. The predicted octanol–water partition coefficient (Wildman–Crippen LogP) is 16.7. The Balaban J connectivity index is 1.03. The molecule has 0 unspecified atom stereocenters. The van der Waals surface area contributed by atoms with Crippen molar-refractivity contribution in [2.45, 2.75) is 0 Å². The maximum atomic E-state index is 6.36. The quantitative estimate of drug-likeness (QED) is 0.162. The number of fused-ring (bicyclic) bond motifs is 15. The van der Waals surface area contributed by atoms with Gasteiger partial charge in [-0.3, -0.25) is 0 Å². The van der Waals surface area contributed by atoms with E-state index >= 15 is 0 Å². The van der Waals surface area contributed by atoms with Crippen LogP contribution in [-0.2, 0) is 0 Å². The number of nitrogens with zero attached hydrogens (tertiary/aromatic N) is 3. The fraction of sp³-hybridized carbons (Fsp3) is 0. The van der Waals surface area contributed by atoms with Crippen LogP contribution < -0.4 is 4.90 Å². The second-order valence-corrected chi connectivity index (χ2v) is 16.9. The summed E-state index contributed by atoms with van der Waals surface area (Å²) < 4.78 is 11.2. The van der Waals surface area contributed by atoms with E-state index in [1.807, 2.05) is 6.07 Å². The summed E-state index contributed by atoms with van der Waals surface area (Å²) in [5, 5.41) is 14.6. The molecule has 0 radical (unpaired) electrons. The molecule has 0 saturated carbocycles. The highest BCUT2D eigenvalue weighted by Gasteiger charge is 2.21. The molecule has 0 aliphatic carbocycles. The number of aromatic nitrogens is 2. The Kier molecular flexibility index (Phi) is 7.36. The molecule has 11 aromatic carbocycles. The van der Waals surface area contributed by atoms with Crippen LogP contribution >= 0.6 is 0 Å². The van der Waals surface area contributed by atoms with Crippen LogP contribution in [0.4, 0.5) is 17.1 Å². The number of para-hydroxylation sites is 4. The smallest absolute Gasteiger partial charge is 0.135 e. The topological polar surface area (TPSA) is 26.2 Å². The fourth-order valence-corrected chi connectivity index (χ4v) is 10.7. The summed E-state index contributed by atoms with van der Waals surface area (Å²) in [6.45, 7) is 0. The van der Waals surface area contributed by atoms with Gasteiger partial charge in [-0.05, 0) is 123 Å². The molecule has 4 heteroatoms. The van der Waals surface area contributed by atoms with E-state index in [9.17, 15) is 0 Å². The van der Waals surface area contributed by atoms with Crippen molar-refractivity contribution in [3.8, 4) is 11.4 Å². The molecule has 14 aromatic rings. The number of rotatable bonds is 5. The van der Waals surface area contributed by atoms with E-state index in [1.165, 1.54) is 70.4 Å². The largest absolute Gasteiger partial charge is 0.456 e. The molecule has 0 amide bonds. The van der Waals surface area contributed by atoms with Crippen molar-refractivity contribution in [1.29, 1.82) is 0 Å². The van der Waals surface area contributed by atoms with Crippen LogP contribution in [0.15, 0.2) is 229 Å². The first-order valence-electron chi connectivity index (χ1n) is 21.9. The van der Waals surface area contributed by atoms with Gasteiger partial charge in [0.25, 0.3) is 0 Å². The molecule has 14 rings (SSSR count). The van der Waals surface area contributed by atoms with E-state index in [2.05, 4.69) is 232 Å². The number of benzene rings is 11. The summed E-state index contributed by atoms with van der Waals surface area (Å²) in [7, 11) is 0. The maximum Gasteiger partial charge on any atom is 0.135 e. The van der Waals surface area contributed by atoms with Gasteiger partial charge in [0.05, 0.1) is 22.1 Å². The molecule has 0 aliphatic heterocycles. The molecule has 0 fully saturated rings. The van der Waals surface area contributed by atoms with Crippen LogP contribution in [0.2, 0.25) is 0 Å². The highest BCUT2D eigenvalue weighted by Crippen LogP contribution is 2.45. The van der Waals surface area contributed by atoms with Crippen molar-refractivity contribution in [3.63, 3.8) is 0 Å². The third kappa shape index (κ3) is 5.05. The van der Waals surface area contributed by atoms with Crippen LogP contribution in [0.25, 0.3) is 109 Å². The maximum absolute atomic E-state index is 6.36. The first kappa shape index (κ1) is 35.0. The van der Waals surface area contributed by atoms with Gasteiger partial charge in [-0.25, -0.2) is 0 Å². The molecule has 298 valence electrons. The second kappa shape index (κ2) is 13.4. The van der Waals surface area contributed by atoms with E-state index in [0.717, 1.165) is 55.9 Å². The molecule has 0 saturated heterocycles. The average Bonchev–Trinajstić information content (AvgIpc) is 4.01. The van der Waals surface area contributed by atoms with Crippen molar-refractivity contribution < 1.29 is 4.42 Å². The summed E-state index contributed by atoms with van der Waals surface area (Å²) >= 11 is 0. The second-order valence-electron chi connectivity index (χ2n) is 16.9. The van der Waals surface area contributed by atoms with Crippen molar-refractivity contribution in [3.05, 3.63) is 224 Å². The Morgan fingerprint density at radius 1 is 0.250 bits per heavy atom. The standard InChI is InChI=1S/C60H37N3O/c1-2-14-38(15-3-1)62-56-24-12-9-21-49(56)53-35-41(28-32-57(53)62)63-55-23-11-8-20-48(55)50-31-27-42(37-58(50)63)61(40-29-33-60-54(36-40)51-22-10-13-25-59(51)64-60)39-26-30-47-45-18-5-4-16-43(45)44-17-6-7-19-46(44)52(47)34-39/h1-37H. The Bertz CT molecular complexity index is 4170. The summed E-state index contributed by atoms with van der Waals surface area (Å²) in [5.41, 5.74) is 11.9. The van der Waals surface area contributed by atoms with Crippen LogP contribution in [0.5, 0.6) is 0 Å². The van der Waals surface area contributed by atoms with Gasteiger partial charge in [0, 0.05) is 60.8 Å². The van der Waals surface area contributed by atoms with Gasteiger partial charge in [-0.1, -0.05) is 133 Å². The molecule has 64 heavy (non-hydrogen) atoms. The third-order valence-electron chi connectivity index (χ3n) is 13.4. The molecule has 0 spiro atoms. The average molecular weight is 816 g/mol. The molecular formula is C60H37N3O. The predicted molar refractivity (Wildman–Crippen MR) is 270 cm³/mol. The van der Waals surface area contributed by atoms with Crippen molar-refractivity contribution in [2.24, 2.45) is 0 Å². The van der Waals surface area contributed by atoms with Gasteiger partial charge in [0.15, 0.2) is 0 Å². The Hall–Kier alpha value is -8.60. The van der Waals surface area contributed by atoms with E-state index in [-0.39, 0.29) is 0 Å². The monoisotopic (exact) mass is 815 g/mol. The lowest BCUT2D eigenvalue weighted by molar-refractivity contribution is 0.669. The van der Waals surface area contributed by atoms with Gasteiger partial charge in [0.2, 0.25) is 0 Å². The van der Waals surface area contributed by atoms with Crippen LogP contribution in [0.3, 0.4) is 0 Å². The lowest BCUT2D eigenvalue weighted by Gasteiger charge is -2.26.